The summed E-state index contributed by atoms with van der Waals surface area (Å²) in [6.07, 6.45) is 2.88. The quantitative estimate of drug-likeness (QED) is 0.505. The van der Waals surface area contributed by atoms with Crippen LogP contribution in [-0.2, 0) is 0 Å². The van der Waals surface area contributed by atoms with Gasteiger partial charge in [-0.15, -0.1) is 0 Å². The molecule has 5 nitrogen and oxygen atoms in total. The highest BCUT2D eigenvalue weighted by Gasteiger charge is 2.16. The number of H-pyrrole nitrogens is 1. The minimum Gasteiger partial charge on any atom is -0.423 e. The van der Waals surface area contributed by atoms with Gasteiger partial charge in [-0.2, -0.15) is 5.26 Å². The van der Waals surface area contributed by atoms with E-state index in [9.17, 15) is 0 Å². The van der Waals surface area contributed by atoms with Crippen LogP contribution in [0.25, 0.3) is 11.0 Å². The maximum atomic E-state index is 9.00. The van der Waals surface area contributed by atoms with E-state index in [-0.39, 0.29) is 0 Å². The second-order valence-electron chi connectivity index (χ2n) is 2.85. The molecule has 0 aliphatic heterocycles. The fourth-order valence-corrected chi connectivity index (χ4v) is 1.30. The van der Waals surface area contributed by atoms with E-state index in [0.717, 1.165) is 0 Å². The van der Waals surface area contributed by atoms with Gasteiger partial charge < -0.3 is 15.0 Å². The number of fused-ring (bicyclic) bond motifs is 1. The summed E-state index contributed by atoms with van der Waals surface area (Å²) in [7, 11) is -1.56. The fourth-order valence-electron chi connectivity index (χ4n) is 1.30. The Kier molecular flexibility index (Phi) is 1.96. The molecule has 0 aliphatic rings. The van der Waals surface area contributed by atoms with Crippen molar-refractivity contribution in [3.63, 3.8) is 0 Å². The van der Waals surface area contributed by atoms with Crippen LogP contribution in [0.15, 0.2) is 18.5 Å². The Morgan fingerprint density at radius 3 is 2.93 bits per heavy atom. The van der Waals surface area contributed by atoms with Gasteiger partial charge in [-0.05, 0) is 6.07 Å². The van der Waals surface area contributed by atoms with Crippen molar-refractivity contribution in [2.75, 3.05) is 0 Å². The number of rotatable bonds is 1. The number of nitrogens with one attached hydrogen (secondary N) is 1. The average molecular weight is 187 g/mol. The first-order chi connectivity index (χ1) is 6.72. The van der Waals surface area contributed by atoms with Gasteiger partial charge >= 0.3 is 7.12 Å². The molecule has 0 saturated carbocycles. The van der Waals surface area contributed by atoms with Crippen LogP contribution in [0.3, 0.4) is 0 Å². The Morgan fingerprint density at radius 2 is 2.29 bits per heavy atom. The third-order valence-electron chi connectivity index (χ3n) is 1.97. The number of hydrogen-bond donors (Lipinski definition) is 3. The summed E-state index contributed by atoms with van der Waals surface area (Å²) in [6.45, 7) is 0. The molecular formula is C8H6BN3O2. The number of pyridine rings is 1. The van der Waals surface area contributed by atoms with Crippen LogP contribution in [-0.4, -0.2) is 27.1 Å². The second-order valence-corrected chi connectivity index (χ2v) is 2.85. The van der Waals surface area contributed by atoms with Crippen molar-refractivity contribution in [3.8, 4) is 6.07 Å². The van der Waals surface area contributed by atoms with Crippen LogP contribution in [0.5, 0.6) is 0 Å². The summed E-state index contributed by atoms with van der Waals surface area (Å²) in [6, 6.07) is 3.50. The van der Waals surface area contributed by atoms with Crippen molar-refractivity contribution in [1.29, 1.82) is 5.26 Å². The minimum atomic E-state index is -1.56. The Bertz CT molecular complexity index is 515. The number of aromatic amines is 1. The van der Waals surface area contributed by atoms with Crippen LogP contribution < -0.4 is 5.46 Å². The lowest BCUT2D eigenvalue weighted by Crippen LogP contribution is -2.28. The lowest BCUT2D eigenvalue weighted by molar-refractivity contribution is 0.426. The summed E-state index contributed by atoms with van der Waals surface area (Å²) in [5, 5.41) is 27.2. The molecule has 6 heteroatoms. The molecule has 0 spiro atoms. The van der Waals surface area contributed by atoms with E-state index in [2.05, 4.69) is 9.97 Å². The molecule has 68 valence electrons. The number of nitrogens with zero attached hydrogens (tertiary/aromatic N) is 2. The van der Waals surface area contributed by atoms with E-state index in [4.69, 9.17) is 15.3 Å². The zero-order chi connectivity index (χ0) is 10.1. The van der Waals surface area contributed by atoms with Gasteiger partial charge in [0.15, 0.2) is 0 Å². The van der Waals surface area contributed by atoms with E-state index in [0.29, 0.717) is 22.1 Å². The lowest BCUT2D eigenvalue weighted by Gasteiger charge is -1.95. The van der Waals surface area contributed by atoms with Gasteiger partial charge in [-0.1, -0.05) is 0 Å². The highest BCUT2D eigenvalue weighted by Crippen LogP contribution is 2.09. The summed E-state index contributed by atoms with van der Waals surface area (Å²) in [5.74, 6) is 0. The van der Waals surface area contributed by atoms with E-state index < -0.39 is 7.12 Å². The second kappa shape index (κ2) is 3.14. The summed E-state index contributed by atoms with van der Waals surface area (Å²) in [5.41, 5.74) is 1.25. The van der Waals surface area contributed by atoms with Crippen molar-refractivity contribution in [3.05, 3.63) is 24.0 Å². The molecule has 14 heavy (non-hydrogen) atoms. The lowest BCUT2D eigenvalue weighted by atomic mass is 9.80. The molecule has 0 amide bonds. The van der Waals surface area contributed by atoms with Crippen LogP contribution >= 0.6 is 0 Å². The molecule has 0 bridgehead atoms. The first-order valence-electron chi connectivity index (χ1n) is 3.95. The van der Waals surface area contributed by atoms with Crippen molar-refractivity contribution < 1.29 is 10.0 Å². The highest BCUT2D eigenvalue weighted by atomic mass is 16.4. The molecule has 2 rings (SSSR count). The molecule has 0 aromatic carbocycles. The van der Waals surface area contributed by atoms with Crippen molar-refractivity contribution >= 4 is 23.6 Å². The van der Waals surface area contributed by atoms with Gasteiger partial charge in [0.1, 0.15) is 11.7 Å². The minimum absolute atomic E-state index is 0.324. The molecule has 0 saturated heterocycles. The standard InChI is InChI=1S/C8H6BN3O2/c10-2-5-1-6-7(9(13)14)4-12-8(6)11-3-5/h1,3-4,13-14H,(H,11,12). The molecule has 0 aliphatic carbocycles. The molecule has 2 heterocycles. The van der Waals surface area contributed by atoms with Gasteiger partial charge in [-0.25, -0.2) is 4.98 Å². The van der Waals surface area contributed by atoms with E-state index in [1.165, 1.54) is 12.4 Å². The zero-order valence-electron chi connectivity index (χ0n) is 7.10. The normalized spacial score (nSPS) is 10.1. The van der Waals surface area contributed by atoms with Gasteiger partial charge in [0.2, 0.25) is 0 Å². The van der Waals surface area contributed by atoms with Gasteiger partial charge in [0.05, 0.1) is 5.56 Å². The summed E-state index contributed by atoms with van der Waals surface area (Å²) < 4.78 is 0. The van der Waals surface area contributed by atoms with Crippen LogP contribution in [0.2, 0.25) is 0 Å². The van der Waals surface area contributed by atoms with Gasteiger partial charge in [0, 0.05) is 23.2 Å². The molecule has 0 radical (unpaired) electrons. The molecule has 0 fully saturated rings. The Balaban J connectivity index is 2.71. The molecule has 2 aromatic heterocycles. The Labute approximate surface area is 79.8 Å². The van der Waals surface area contributed by atoms with Crippen molar-refractivity contribution in [1.82, 2.24) is 9.97 Å². The number of nitriles is 1. The maximum Gasteiger partial charge on any atom is 0.490 e. The third kappa shape index (κ3) is 1.25. The van der Waals surface area contributed by atoms with Gasteiger partial charge in [-0.3, -0.25) is 0 Å². The molecule has 0 atom stereocenters. The molecule has 0 unspecified atom stereocenters. The van der Waals surface area contributed by atoms with E-state index in [1.807, 2.05) is 6.07 Å². The predicted octanol–water partition coefficient (Wildman–Crippen LogP) is -0.886. The van der Waals surface area contributed by atoms with Crippen LogP contribution in [0.4, 0.5) is 0 Å². The zero-order valence-corrected chi connectivity index (χ0v) is 7.10. The van der Waals surface area contributed by atoms with E-state index in [1.54, 1.807) is 6.07 Å². The largest absolute Gasteiger partial charge is 0.490 e. The highest BCUT2D eigenvalue weighted by molar-refractivity contribution is 6.61. The summed E-state index contributed by atoms with van der Waals surface area (Å²) in [4.78, 5) is 6.74. The third-order valence-corrected chi connectivity index (χ3v) is 1.97. The fraction of sp³-hybridized carbons (Fsp3) is 0. The van der Waals surface area contributed by atoms with Crippen molar-refractivity contribution in [2.24, 2.45) is 0 Å². The topological polar surface area (TPSA) is 92.9 Å². The number of hydrogen-bond acceptors (Lipinski definition) is 4. The number of aromatic nitrogens is 2. The SMILES string of the molecule is N#Cc1cnc2[nH]cc(B(O)O)c2c1. The van der Waals surface area contributed by atoms with Crippen LogP contribution in [0, 0.1) is 11.3 Å². The maximum absolute atomic E-state index is 9.00. The Hall–Kier alpha value is -1.84. The predicted molar refractivity (Wildman–Crippen MR) is 50.6 cm³/mol. The molecule has 3 N–H and O–H groups in total. The monoisotopic (exact) mass is 187 g/mol. The Morgan fingerprint density at radius 1 is 1.50 bits per heavy atom. The smallest absolute Gasteiger partial charge is 0.423 e. The first kappa shape index (κ1) is 8.75. The van der Waals surface area contributed by atoms with Crippen LogP contribution in [0.1, 0.15) is 5.56 Å². The molecular weight excluding hydrogens is 181 g/mol. The van der Waals surface area contributed by atoms with E-state index >= 15 is 0 Å². The van der Waals surface area contributed by atoms with Crippen molar-refractivity contribution in [2.45, 2.75) is 0 Å². The van der Waals surface area contributed by atoms with Gasteiger partial charge in [0.25, 0.3) is 0 Å². The first-order valence-corrected chi connectivity index (χ1v) is 3.95. The summed E-state index contributed by atoms with van der Waals surface area (Å²) >= 11 is 0. The molecule has 2 aromatic rings. The average Bonchev–Trinajstić information content (AvgIpc) is 2.59.